The standard InChI is InChI=1S/C36H46B24N2/c37-7-1(8(38)24(54)35(23(7)53)61-31-3(10(40)15(45)19(49)26(31)56)4-11(41)16(46)20(50)27(57)32(4)61)2-9(39)25(55)36-29(14(2)44)59-60-30-22(52)18(48)13(43)6-5-12(42)17(47)21(51)28(58)33(5)62(36)34(6)30/h59-60H,37-58H2. The first-order valence-corrected chi connectivity index (χ1v) is 23.3. The third-order valence-electron chi connectivity index (χ3n) is 18.1. The van der Waals surface area contributed by atoms with Gasteiger partial charge in [-0.25, -0.2) is 0 Å². The Morgan fingerprint density at radius 1 is 0.210 bits per heavy atom. The molecule has 2 aromatic heterocycles. The summed E-state index contributed by atoms with van der Waals surface area (Å²) in [5.74, 6) is 0. The molecule has 0 atom stereocenters. The second-order valence-corrected chi connectivity index (χ2v) is 20.2. The fraction of sp³-hybridized carbons (Fsp3) is 0. The number of aromatic nitrogens is 2. The lowest BCUT2D eigenvalue weighted by Crippen LogP contribution is -2.54. The minimum atomic E-state index is 1.03. The van der Waals surface area contributed by atoms with Gasteiger partial charge in [-0.15, -0.1) is 27.3 Å². The normalized spacial score (nSPS) is 12.3. The van der Waals surface area contributed by atoms with Crippen molar-refractivity contribution in [3.63, 3.8) is 0 Å². The fourth-order valence-corrected chi connectivity index (χ4v) is 12.8. The topological polar surface area (TPSA) is 9.86 Å². The number of fused-ring (bicyclic) bond motifs is 8. The molecule has 0 unspecified atom stereocenters. The molecule has 0 N–H and O–H groups in total. The molecule has 8 aromatic rings. The van der Waals surface area contributed by atoms with Gasteiger partial charge in [0.2, 0.25) is 0 Å². The number of hydrogen-bond acceptors (Lipinski definition) is 0. The van der Waals surface area contributed by atoms with E-state index in [1.165, 1.54) is 197 Å². The molecule has 1 aliphatic rings. The zero-order valence-electron chi connectivity index (χ0n) is 42.3. The molecule has 0 radical (unpaired) electrons. The molecular formula is C36H46B24N2. The van der Waals surface area contributed by atoms with Crippen LogP contribution < -0.4 is 131 Å². The minimum Gasteiger partial charge on any atom is -0.312 e. The van der Waals surface area contributed by atoms with Crippen molar-refractivity contribution in [3.8, 4) is 22.5 Å². The van der Waals surface area contributed by atoms with Gasteiger partial charge < -0.3 is 9.13 Å². The Kier molecular flexibility index (Phi) is 10.2. The predicted octanol–water partition coefficient (Wildman–Crippen LogP) is -31.7. The average molecular weight is 766 g/mol. The van der Waals surface area contributed by atoms with Gasteiger partial charge in [-0.3, -0.25) is 0 Å². The van der Waals surface area contributed by atoms with Gasteiger partial charge in [0.1, 0.15) is 187 Å². The van der Waals surface area contributed by atoms with Crippen LogP contribution in [0.1, 0.15) is 0 Å². The van der Waals surface area contributed by atoms with Crippen LogP contribution in [0.3, 0.4) is 0 Å². The molecule has 26 heteroatoms. The Morgan fingerprint density at radius 3 is 0.871 bits per heavy atom. The summed E-state index contributed by atoms with van der Waals surface area (Å²) in [6.07, 6.45) is 0. The summed E-state index contributed by atoms with van der Waals surface area (Å²) in [6.45, 7) is 0. The minimum absolute atomic E-state index is 1.03. The van der Waals surface area contributed by atoms with Gasteiger partial charge in [0, 0.05) is 33.4 Å². The van der Waals surface area contributed by atoms with Gasteiger partial charge in [-0.05, 0) is 32.7 Å². The molecule has 6 aromatic carbocycles. The first-order chi connectivity index (χ1) is 29.0. The first kappa shape index (κ1) is 43.7. The van der Waals surface area contributed by atoms with E-state index in [1.54, 1.807) is 0 Å². The highest BCUT2D eigenvalue weighted by molar-refractivity contribution is 7.16. The summed E-state index contributed by atoms with van der Waals surface area (Å²) in [5, 5.41) is 5.79. The molecular weight excluding hydrogens is 720 g/mol. The highest BCUT2D eigenvalue weighted by atomic mass is 15.0. The fourth-order valence-electron chi connectivity index (χ4n) is 12.8. The molecule has 0 fully saturated rings. The number of benzene rings is 6. The molecule has 3 heterocycles. The van der Waals surface area contributed by atoms with Crippen molar-refractivity contribution in [1.82, 2.24) is 9.13 Å². The van der Waals surface area contributed by atoms with E-state index in [9.17, 15) is 0 Å². The molecule has 1 aliphatic heterocycles. The van der Waals surface area contributed by atoms with Crippen molar-refractivity contribution in [1.29, 1.82) is 0 Å². The highest BCUT2D eigenvalue weighted by Crippen LogP contribution is 2.28. The Hall–Kier alpha value is -3.52. The molecule has 272 valence electrons. The third-order valence-corrected chi connectivity index (χ3v) is 18.1. The lowest BCUT2D eigenvalue weighted by Gasteiger charge is -2.30. The summed E-state index contributed by atoms with van der Waals surface area (Å²) >= 11 is 0. The lowest BCUT2D eigenvalue weighted by atomic mass is 9.31. The van der Waals surface area contributed by atoms with E-state index in [4.69, 9.17) is 0 Å². The van der Waals surface area contributed by atoms with E-state index in [-0.39, 0.29) is 0 Å². The summed E-state index contributed by atoms with van der Waals surface area (Å²) in [5.41, 5.74) is 45.4. The molecule has 0 bridgehead atoms. The maximum absolute atomic E-state index is 2.76. The van der Waals surface area contributed by atoms with Gasteiger partial charge in [0.05, 0.1) is 0 Å². The van der Waals surface area contributed by atoms with Crippen molar-refractivity contribution in [2.45, 2.75) is 0 Å². The van der Waals surface area contributed by atoms with E-state index in [1.807, 2.05) is 0 Å². The van der Waals surface area contributed by atoms with Crippen LogP contribution in [-0.2, 0) is 0 Å². The molecule has 0 saturated carbocycles. The molecule has 9 rings (SSSR count). The van der Waals surface area contributed by atoms with Crippen LogP contribution in [-0.4, -0.2) is 196 Å². The second kappa shape index (κ2) is 14.5. The smallest absolute Gasteiger partial charge is 0.141 e. The van der Waals surface area contributed by atoms with Crippen LogP contribution in [0.4, 0.5) is 0 Å². The van der Waals surface area contributed by atoms with Gasteiger partial charge in [0.15, 0.2) is 0 Å². The summed E-state index contributed by atoms with van der Waals surface area (Å²) in [4.78, 5) is 0. The van der Waals surface area contributed by atoms with E-state index in [2.05, 4.69) is 182 Å². The SMILES string of the molecule is Bc1c(B)c(-n2c3c(B)c(B)c(B)c(B)c3c3c(B)c(B)c(B)c(B)c32)c(B)c(B)c1-c1c(B)c(B)c2c(c1B)BBc1c(B)c(B)c(B)c3c4c(B)c(B)c(B)c(B)c4n-2c13. The van der Waals surface area contributed by atoms with E-state index in [0.29, 0.717) is 0 Å². The molecule has 0 saturated heterocycles. The maximum atomic E-state index is 2.76. The summed E-state index contributed by atoms with van der Waals surface area (Å²) < 4.78 is 5.48. The van der Waals surface area contributed by atoms with Crippen LogP contribution in [0, 0.1) is 0 Å². The van der Waals surface area contributed by atoms with E-state index < -0.39 is 0 Å². The third kappa shape index (κ3) is 5.28. The van der Waals surface area contributed by atoms with Crippen LogP contribution >= 0.6 is 0 Å². The van der Waals surface area contributed by atoms with Crippen molar-refractivity contribution in [2.24, 2.45) is 0 Å². The van der Waals surface area contributed by atoms with Gasteiger partial charge >= 0.3 is 0 Å². The van der Waals surface area contributed by atoms with Crippen molar-refractivity contribution in [2.75, 3.05) is 0 Å². The van der Waals surface area contributed by atoms with Gasteiger partial charge in [-0.1, -0.05) is 104 Å². The highest BCUT2D eigenvalue weighted by Gasteiger charge is 2.32. The Bertz CT molecular complexity index is 3390. The molecule has 0 spiro atoms. The predicted molar refractivity (Wildman–Crippen MR) is 354 cm³/mol. The van der Waals surface area contributed by atoms with Crippen molar-refractivity contribution in [3.05, 3.63) is 0 Å². The summed E-state index contributed by atoms with van der Waals surface area (Å²) in [6, 6.07) is 0. The van der Waals surface area contributed by atoms with Crippen molar-refractivity contribution >= 4 is 362 Å². The molecule has 2 nitrogen and oxygen atoms in total. The van der Waals surface area contributed by atoms with Crippen LogP contribution in [0.25, 0.3) is 66.1 Å². The maximum Gasteiger partial charge on any atom is 0.141 e. The average Bonchev–Trinajstić information content (AvgIpc) is 3.72. The van der Waals surface area contributed by atoms with E-state index >= 15 is 0 Å². The molecule has 0 aliphatic carbocycles. The zero-order chi connectivity index (χ0) is 45.4. The van der Waals surface area contributed by atoms with Crippen molar-refractivity contribution < 1.29 is 0 Å². The Morgan fingerprint density at radius 2 is 0.484 bits per heavy atom. The Balaban J connectivity index is 1.40. The van der Waals surface area contributed by atoms with Crippen LogP contribution in [0.2, 0.25) is 0 Å². The first-order valence-electron chi connectivity index (χ1n) is 23.3. The van der Waals surface area contributed by atoms with Crippen LogP contribution in [0.15, 0.2) is 0 Å². The quantitative estimate of drug-likeness (QED) is 0.155. The zero-order valence-corrected chi connectivity index (χ0v) is 42.3. The van der Waals surface area contributed by atoms with Gasteiger partial charge in [-0.2, -0.15) is 0 Å². The van der Waals surface area contributed by atoms with Gasteiger partial charge in [0.25, 0.3) is 0 Å². The molecule has 62 heavy (non-hydrogen) atoms. The lowest BCUT2D eigenvalue weighted by molar-refractivity contribution is 1.22. The van der Waals surface area contributed by atoms with E-state index in [0.717, 1.165) is 14.3 Å². The van der Waals surface area contributed by atoms with Crippen LogP contribution in [0.5, 0.6) is 0 Å². The number of hydrogen-bond donors (Lipinski definition) is 0. The number of nitrogens with zero attached hydrogens (tertiary/aromatic N) is 2. The molecule has 0 amide bonds. The second-order valence-electron chi connectivity index (χ2n) is 20.2. The monoisotopic (exact) mass is 771 g/mol. The number of rotatable bonds is 2. The largest absolute Gasteiger partial charge is 0.312 e. The summed E-state index contributed by atoms with van der Waals surface area (Å²) in [7, 11) is 54.3. The Labute approximate surface area is 390 Å².